The van der Waals surface area contributed by atoms with Crippen LogP contribution in [0.3, 0.4) is 0 Å². The van der Waals surface area contributed by atoms with Gasteiger partial charge in [-0.15, -0.1) is 11.8 Å². The van der Waals surface area contributed by atoms with Gasteiger partial charge in [0, 0.05) is 23.5 Å². The largest absolute Gasteiger partial charge is 0.466 e. The van der Waals surface area contributed by atoms with Gasteiger partial charge in [0.25, 0.3) is 5.91 Å². The molecular weight excluding hydrogens is 396 g/mol. The summed E-state index contributed by atoms with van der Waals surface area (Å²) in [6.45, 7) is 4.38. The van der Waals surface area contributed by atoms with Gasteiger partial charge in [-0.05, 0) is 24.6 Å². The highest BCUT2D eigenvalue weighted by atomic mass is 32.2. The van der Waals surface area contributed by atoms with Crippen molar-refractivity contribution < 1.29 is 19.2 Å². The van der Waals surface area contributed by atoms with Crippen LogP contribution in [-0.2, 0) is 14.3 Å². The molecule has 0 radical (unpaired) electrons. The lowest BCUT2D eigenvalue weighted by Gasteiger charge is -2.38. The Bertz CT molecular complexity index is 881. The number of rotatable bonds is 5. The van der Waals surface area contributed by atoms with E-state index in [9.17, 15) is 9.59 Å². The number of carbonyl (C=O) groups excluding carboxylic acids is 2. The summed E-state index contributed by atoms with van der Waals surface area (Å²) >= 11 is 1.81. The maximum Gasteiger partial charge on any atom is 0.309 e. The summed E-state index contributed by atoms with van der Waals surface area (Å²) in [5, 5.41) is 0. The third-order valence-corrected chi connectivity index (χ3v) is 7.14. The van der Waals surface area contributed by atoms with E-state index in [1.165, 1.54) is 10.5 Å². The van der Waals surface area contributed by atoms with Gasteiger partial charge in [0.1, 0.15) is 0 Å². The number of nitrogens with one attached hydrogen (secondary N) is 1. The van der Waals surface area contributed by atoms with E-state index < -0.39 is 0 Å². The van der Waals surface area contributed by atoms with Crippen LogP contribution in [-0.4, -0.2) is 43.9 Å². The number of esters is 1. The van der Waals surface area contributed by atoms with Crippen molar-refractivity contribution in [3.8, 4) is 0 Å². The Hall–Kier alpha value is -2.31. The summed E-state index contributed by atoms with van der Waals surface area (Å²) in [6, 6.07) is 18.5. The molecule has 1 fully saturated rings. The summed E-state index contributed by atoms with van der Waals surface area (Å²) in [5.74, 6) is 0.899. The molecule has 0 aliphatic carbocycles. The molecule has 158 valence electrons. The van der Waals surface area contributed by atoms with Gasteiger partial charge in [0.05, 0.1) is 37.3 Å². The first kappa shape index (κ1) is 20.9. The van der Waals surface area contributed by atoms with Crippen molar-refractivity contribution >= 4 is 29.3 Å². The molecule has 0 bridgehead atoms. The van der Waals surface area contributed by atoms with Crippen molar-refractivity contribution in [1.82, 2.24) is 0 Å². The molecule has 30 heavy (non-hydrogen) atoms. The van der Waals surface area contributed by atoms with Gasteiger partial charge in [0.15, 0.2) is 6.54 Å². The zero-order chi connectivity index (χ0) is 20.9. The summed E-state index contributed by atoms with van der Waals surface area (Å²) in [4.78, 5) is 30.0. The molecule has 2 heterocycles. The first-order valence-electron chi connectivity index (χ1n) is 10.8. The predicted molar refractivity (Wildman–Crippen MR) is 119 cm³/mol. The van der Waals surface area contributed by atoms with Gasteiger partial charge < -0.3 is 9.64 Å². The highest BCUT2D eigenvalue weighted by Crippen LogP contribution is 2.42. The van der Waals surface area contributed by atoms with Crippen molar-refractivity contribution in [3.63, 3.8) is 0 Å². The molecule has 0 saturated carbocycles. The van der Waals surface area contributed by atoms with Crippen LogP contribution < -0.4 is 9.80 Å². The van der Waals surface area contributed by atoms with E-state index in [-0.39, 0.29) is 23.8 Å². The fourth-order valence-corrected chi connectivity index (χ4v) is 5.58. The highest BCUT2D eigenvalue weighted by Gasteiger charge is 2.36. The number of amides is 1. The quantitative estimate of drug-likeness (QED) is 0.749. The van der Waals surface area contributed by atoms with Crippen LogP contribution >= 0.6 is 11.8 Å². The highest BCUT2D eigenvalue weighted by molar-refractivity contribution is 7.99. The van der Waals surface area contributed by atoms with E-state index in [0.717, 1.165) is 42.3 Å². The second-order valence-corrected chi connectivity index (χ2v) is 8.98. The molecule has 0 spiro atoms. The van der Waals surface area contributed by atoms with Crippen molar-refractivity contribution in [2.24, 2.45) is 5.92 Å². The zero-order valence-electron chi connectivity index (χ0n) is 17.4. The van der Waals surface area contributed by atoms with Crippen molar-refractivity contribution in [1.29, 1.82) is 0 Å². The molecule has 1 atom stereocenters. The van der Waals surface area contributed by atoms with Crippen LogP contribution in [0.25, 0.3) is 0 Å². The SMILES string of the molecule is CCOC(=O)C1CC[NH+](CC(=O)N2c3ccccc3SC[C@@H]2c2ccccc2)CC1. The Balaban J connectivity index is 1.49. The molecule has 1 N–H and O–H groups in total. The molecule has 1 amide bonds. The molecular formula is C24H29N2O3S+. The normalized spacial score (nSPS) is 23.5. The summed E-state index contributed by atoms with van der Waals surface area (Å²) in [7, 11) is 0. The molecule has 5 nitrogen and oxygen atoms in total. The van der Waals surface area contributed by atoms with Gasteiger partial charge in [-0.3, -0.25) is 14.5 Å². The number of piperidine rings is 1. The van der Waals surface area contributed by atoms with Crippen molar-refractivity contribution in [2.75, 3.05) is 36.9 Å². The van der Waals surface area contributed by atoms with Crippen LogP contribution in [0.15, 0.2) is 59.5 Å². The zero-order valence-corrected chi connectivity index (χ0v) is 18.2. The smallest absolute Gasteiger partial charge is 0.309 e. The molecule has 4 rings (SSSR count). The molecule has 6 heteroatoms. The third-order valence-electron chi connectivity index (χ3n) is 6.00. The van der Waals surface area contributed by atoms with Crippen molar-refractivity contribution in [2.45, 2.75) is 30.7 Å². The van der Waals surface area contributed by atoms with Crippen LogP contribution in [0.2, 0.25) is 0 Å². The summed E-state index contributed by atoms with van der Waals surface area (Å²) < 4.78 is 5.17. The first-order chi connectivity index (χ1) is 14.7. The second-order valence-electron chi connectivity index (χ2n) is 7.92. The van der Waals surface area contributed by atoms with E-state index in [1.54, 1.807) is 0 Å². The van der Waals surface area contributed by atoms with E-state index >= 15 is 0 Å². The molecule has 2 aromatic carbocycles. The number of nitrogens with zero attached hydrogens (tertiary/aromatic N) is 1. The first-order valence-corrected chi connectivity index (χ1v) is 11.7. The summed E-state index contributed by atoms with van der Waals surface area (Å²) in [6.07, 6.45) is 1.58. The van der Waals surface area contributed by atoms with Crippen LogP contribution in [0, 0.1) is 5.92 Å². The van der Waals surface area contributed by atoms with Gasteiger partial charge >= 0.3 is 5.97 Å². The van der Waals surface area contributed by atoms with Gasteiger partial charge in [-0.25, -0.2) is 0 Å². The fourth-order valence-electron chi connectivity index (χ4n) is 4.42. The number of carbonyl (C=O) groups is 2. The summed E-state index contributed by atoms with van der Waals surface area (Å²) in [5.41, 5.74) is 2.18. The Kier molecular flexibility index (Phi) is 6.75. The number of likely N-dealkylation sites (tertiary alicyclic amines) is 1. The Labute approximate surface area is 182 Å². The lowest BCUT2D eigenvalue weighted by atomic mass is 9.97. The van der Waals surface area contributed by atoms with E-state index in [1.807, 2.05) is 53.9 Å². The Morgan fingerprint density at radius 1 is 1.07 bits per heavy atom. The van der Waals surface area contributed by atoms with Crippen LogP contribution in [0.4, 0.5) is 5.69 Å². The monoisotopic (exact) mass is 425 g/mol. The van der Waals surface area contributed by atoms with E-state index in [2.05, 4.69) is 24.3 Å². The molecule has 0 aromatic heterocycles. The van der Waals surface area contributed by atoms with Crippen LogP contribution in [0.5, 0.6) is 0 Å². The average Bonchev–Trinajstić information content (AvgIpc) is 2.79. The lowest BCUT2D eigenvalue weighted by molar-refractivity contribution is -0.897. The number of ether oxygens (including phenoxy) is 1. The maximum absolute atomic E-state index is 13.5. The number of quaternary nitrogens is 1. The number of benzene rings is 2. The van der Waals surface area contributed by atoms with Crippen molar-refractivity contribution in [3.05, 3.63) is 60.2 Å². The van der Waals surface area contributed by atoms with E-state index in [0.29, 0.717) is 13.2 Å². The Morgan fingerprint density at radius 2 is 1.77 bits per heavy atom. The number of hydrogen-bond donors (Lipinski definition) is 1. The van der Waals surface area contributed by atoms with E-state index in [4.69, 9.17) is 4.74 Å². The predicted octanol–water partition coefficient (Wildman–Crippen LogP) is 2.72. The molecule has 1 saturated heterocycles. The molecule has 2 aliphatic heterocycles. The number of hydrogen-bond acceptors (Lipinski definition) is 4. The minimum Gasteiger partial charge on any atom is -0.466 e. The van der Waals surface area contributed by atoms with Gasteiger partial charge in [-0.1, -0.05) is 42.5 Å². The van der Waals surface area contributed by atoms with Gasteiger partial charge in [0.2, 0.25) is 0 Å². The Morgan fingerprint density at radius 3 is 2.50 bits per heavy atom. The average molecular weight is 426 g/mol. The second kappa shape index (κ2) is 9.67. The minimum atomic E-state index is -0.0889. The number of fused-ring (bicyclic) bond motifs is 1. The molecule has 0 unspecified atom stereocenters. The number of anilines is 1. The topological polar surface area (TPSA) is 51.1 Å². The molecule has 2 aliphatic rings. The minimum absolute atomic E-state index is 0.0204. The number of para-hydroxylation sites is 1. The lowest BCUT2D eigenvalue weighted by Crippen LogP contribution is -3.14. The van der Waals surface area contributed by atoms with Crippen LogP contribution in [0.1, 0.15) is 31.4 Å². The number of thioether (sulfide) groups is 1. The molecule has 2 aromatic rings. The standard InChI is InChI=1S/C24H28N2O3S/c1-2-29-24(28)19-12-14-25(15-13-19)16-23(27)26-20-10-6-7-11-22(20)30-17-21(26)18-8-4-3-5-9-18/h3-11,19,21H,2,12-17H2,1H3/p+1/t21-/m1/s1. The maximum atomic E-state index is 13.5. The fraction of sp³-hybridized carbons (Fsp3) is 0.417. The third kappa shape index (κ3) is 4.55. The van der Waals surface area contributed by atoms with Gasteiger partial charge in [-0.2, -0.15) is 0 Å².